The van der Waals surface area contributed by atoms with Crippen LogP contribution in [0.15, 0.2) is 12.4 Å². The van der Waals surface area contributed by atoms with E-state index in [-0.39, 0.29) is 6.54 Å². The number of thiophene rings is 1. The maximum absolute atomic E-state index is 13.0. The quantitative estimate of drug-likeness (QED) is 0.405. The fourth-order valence-electron chi connectivity index (χ4n) is 4.58. The Hall–Kier alpha value is -2.49. The Balaban J connectivity index is 1.52. The second-order valence-electron chi connectivity index (χ2n) is 9.33. The number of hydrogen-bond donors (Lipinski definition) is 0. The van der Waals surface area contributed by atoms with Gasteiger partial charge in [-0.1, -0.05) is 27.2 Å². The number of halogens is 3. The summed E-state index contributed by atoms with van der Waals surface area (Å²) in [7, 11) is 0. The highest BCUT2D eigenvalue weighted by atomic mass is 32.1. The first kappa shape index (κ1) is 21.4. The summed E-state index contributed by atoms with van der Waals surface area (Å²) in [6.45, 7) is 8.62. The number of hydrogen-bond acceptors (Lipinski definition) is 5. The van der Waals surface area contributed by atoms with E-state index >= 15 is 0 Å². The zero-order valence-electron chi connectivity index (χ0n) is 18.5. The minimum absolute atomic E-state index is 0.0736. The summed E-state index contributed by atoms with van der Waals surface area (Å²) in [5.74, 6) is 1.06. The van der Waals surface area contributed by atoms with Gasteiger partial charge < -0.3 is 0 Å². The molecule has 0 spiro atoms. The zero-order valence-corrected chi connectivity index (χ0v) is 19.3. The Labute approximate surface area is 187 Å². The SMILES string of the molecule is CCC(C)(C)[C@@H]1CCc2c(sc3ncn4nc(Cn5nc(C(F)(F)F)cc5C)nc4c23)C1. The molecule has 0 aromatic carbocycles. The molecule has 0 amide bonds. The van der Waals surface area contributed by atoms with Crippen molar-refractivity contribution in [2.24, 2.45) is 11.3 Å². The summed E-state index contributed by atoms with van der Waals surface area (Å²) in [6.07, 6.45) is 1.49. The van der Waals surface area contributed by atoms with Crippen molar-refractivity contribution >= 4 is 27.2 Å². The number of fused-ring (bicyclic) bond motifs is 5. The van der Waals surface area contributed by atoms with E-state index in [4.69, 9.17) is 0 Å². The van der Waals surface area contributed by atoms with Crippen LogP contribution in [0.1, 0.15) is 61.3 Å². The van der Waals surface area contributed by atoms with Crippen LogP contribution >= 0.6 is 11.3 Å². The van der Waals surface area contributed by atoms with Crippen LogP contribution in [0.5, 0.6) is 0 Å². The molecule has 32 heavy (non-hydrogen) atoms. The first-order valence-electron chi connectivity index (χ1n) is 10.8. The van der Waals surface area contributed by atoms with E-state index in [9.17, 15) is 13.2 Å². The van der Waals surface area contributed by atoms with Crippen molar-refractivity contribution in [2.75, 3.05) is 0 Å². The van der Waals surface area contributed by atoms with Crippen molar-refractivity contribution in [1.29, 1.82) is 0 Å². The van der Waals surface area contributed by atoms with Crippen LogP contribution in [0.2, 0.25) is 0 Å². The highest BCUT2D eigenvalue weighted by Crippen LogP contribution is 2.44. The maximum atomic E-state index is 13.0. The molecule has 0 N–H and O–H groups in total. The van der Waals surface area contributed by atoms with Crippen molar-refractivity contribution in [3.8, 4) is 0 Å². The molecule has 0 fully saturated rings. The van der Waals surface area contributed by atoms with Gasteiger partial charge in [0.05, 0.1) is 5.39 Å². The van der Waals surface area contributed by atoms with E-state index in [0.29, 0.717) is 22.9 Å². The third kappa shape index (κ3) is 3.48. The standard InChI is InChI=1S/C22H25F3N6S/c1-5-21(3,4)13-6-7-14-15(9-13)32-20-18(14)19-27-17(29-31(19)11-26-20)10-30-12(2)8-16(28-30)22(23,24)25/h8,11,13H,5-7,9-10H2,1-4H3/t13-/m1/s1. The van der Waals surface area contributed by atoms with E-state index < -0.39 is 11.9 Å². The van der Waals surface area contributed by atoms with E-state index in [1.807, 2.05) is 0 Å². The summed E-state index contributed by atoms with van der Waals surface area (Å²) in [4.78, 5) is 11.6. The van der Waals surface area contributed by atoms with Gasteiger partial charge in [-0.15, -0.1) is 16.4 Å². The summed E-state index contributed by atoms with van der Waals surface area (Å²) in [5, 5.41) is 9.20. The minimum atomic E-state index is -4.47. The largest absolute Gasteiger partial charge is 0.435 e. The summed E-state index contributed by atoms with van der Waals surface area (Å²) >= 11 is 1.73. The van der Waals surface area contributed by atoms with Crippen LogP contribution in [0.25, 0.3) is 15.9 Å². The van der Waals surface area contributed by atoms with Gasteiger partial charge in [-0.25, -0.2) is 14.5 Å². The molecule has 10 heteroatoms. The summed E-state index contributed by atoms with van der Waals surface area (Å²) in [6, 6.07) is 1.04. The molecule has 1 atom stereocenters. The molecule has 4 aromatic heterocycles. The second-order valence-corrected chi connectivity index (χ2v) is 10.4. The average molecular weight is 463 g/mol. The van der Waals surface area contributed by atoms with Gasteiger partial charge in [0, 0.05) is 10.6 Å². The van der Waals surface area contributed by atoms with Crippen LogP contribution in [0.4, 0.5) is 13.2 Å². The van der Waals surface area contributed by atoms with Crippen LogP contribution in [0.3, 0.4) is 0 Å². The minimum Gasteiger partial charge on any atom is -0.262 e. The molecule has 0 unspecified atom stereocenters. The van der Waals surface area contributed by atoms with Gasteiger partial charge >= 0.3 is 6.18 Å². The highest BCUT2D eigenvalue weighted by molar-refractivity contribution is 7.19. The number of alkyl halides is 3. The number of aromatic nitrogens is 6. The van der Waals surface area contributed by atoms with Crippen molar-refractivity contribution in [3.05, 3.63) is 40.0 Å². The summed E-state index contributed by atoms with van der Waals surface area (Å²) in [5.41, 5.74) is 1.84. The lowest BCUT2D eigenvalue weighted by Gasteiger charge is -2.36. The molecule has 0 radical (unpaired) electrons. The molecule has 5 rings (SSSR count). The van der Waals surface area contributed by atoms with E-state index in [1.165, 1.54) is 15.1 Å². The molecule has 4 heterocycles. The first-order valence-corrected chi connectivity index (χ1v) is 11.6. The van der Waals surface area contributed by atoms with E-state index in [1.54, 1.807) is 29.1 Å². The number of nitrogens with zero attached hydrogens (tertiary/aromatic N) is 6. The van der Waals surface area contributed by atoms with Gasteiger partial charge in [-0.05, 0) is 49.1 Å². The molecule has 1 aliphatic carbocycles. The highest BCUT2D eigenvalue weighted by Gasteiger charge is 2.35. The summed E-state index contributed by atoms with van der Waals surface area (Å²) < 4.78 is 41.9. The Morgan fingerprint density at radius 1 is 1.22 bits per heavy atom. The van der Waals surface area contributed by atoms with Crippen molar-refractivity contribution in [3.63, 3.8) is 0 Å². The third-order valence-electron chi connectivity index (χ3n) is 7.01. The van der Waals surface area contributed by atoms with E-state index in [0.717, 1.165) is 47.6 Å². The molecule has 170 valence electrons. The Morgan fingerprint density at radius 3 is 2.69 bits per heavy atom. The van der Waals surface area contributed by atoms with Gasteiger partial charge in [-0.2, -0.15) is 18.3 Å². The monoisotopic (exact) mass is 462 g/mol. The van der Waals surface area contributed by atoms with Crippen LogP contribution in [0, 0.1) is 18.3 Å². The average Bonchev–Trinajstić information content (AvgIpc) is 3.41. The van der Waals surface area contributed by atoms with Gasteiger partial charge in [0.2, 0.25) is 0 Å². The molecule has 6 nitrogen and oxygen atoms in total. The Kier molecular flexibility index (Phi) is 4.85. The molecule has 0 aliphatic heterocycles. The maximum Gasteiger partial charge on any atom is 0.435 e. The third-order valence-corrected chi connectivity index (χ3v) is 8.17. The van der Waals surface area contributed by atoms with Gasteiger partial charge in [0.1, 0.15) is 17.7 Å². The zero-order chi connectivity index (χ0) is 22.8. The topological polar surface area (TPSA) is 60.9 Å². The molecule has 0 saturated heterocycles. The molecule has 1 aliphatic rings. The normalized spacial score (nSPS) is 17.4. The van der Waals surface area contributed by atoms with Crippen LogP contribution < -0.4 is 0 Å². The number of aryl methyl sites for hydroxylation is 2. The molecular formula is C22H25F3N6S. The van der Waals surface area contributed by atoms with Crippen molar-refractivity contribution in [1.82, 2.24) is 29.4 Å². The fourth-order valence-corrected chi connectivity index (χ4v) is 5.85. The van der Waals surface area contributed by atoms with Crippen molar-refractivity contribution in [2.45, 2.75) is 66.1 Å². The predicted octanol–water partition coefficient (Wildman–Crippen LogP) is 5.45. The lowest BCUT2D eigenvalue weighted by atomic mass is 9.70. The lowest BCUT2D eigenvalue weighted by molar-refractivity contribution is -0.141. The molecule has 0 bridgehead atoms. The van der Waals surface area contributed by atoms with Gasteiger partial charge in [0.25, 0.3) is 0 Å². The Morgan fingerprint density at radius 2 is 2.00 bits per heavy atom. The number of rotatable bonds is 4. The first-order chi connectivity index (χ1) is 15.1. The smallest absolute Gasteiger partial charge is 0.262 e. The second kappa shape index (κ2) is 7.26. The Bertz CT molecular complexity index is 1310. The predicted molar refractivity (Wildman–Crippen MR) is 117 cm³/mol. The molecule has 4 aromatic rings. The van der Waals surface area contributed by atoms with Gasteiger partial charge in [-0.3, -0.25) is 4.68 Å². The van der Waals surface area contributed by atoms with Crippen molar-refractivity contribution < 1.29 is 13.2 Å². The fraction of sp³-hybridized carbons (Fsp3) is 0.545. The van der Waals surface area contributed by atoms with Gasteiger partial charge in [0.15, 0.2) is 17.2 Å². The van der Waals surface area contributed by atoms with Crippen LogP contribution in [-0.2, 0) is 25.6 Å². The molecule has 0 saturated carbocycles. The van der Waals surface area contributed by atoms with E-state index in [2.05, 4.69) is 40.9 Å². The molecular weight excluding hydrogens is 437 g/mol. The van der Waals surface area contributed by atoms with Crippen LogP contribution in [-0.4, -0.2) is 29.4 Å². The lowest BCUT2D eigenvalue weighted by Crippen LogP contribution is -2.28.